The van der Waals surface area contributed by atoms with Gasteiger partial charge in [0.25, 0.3) is 0 Å². The summed E-state index contributed by atoms with van der Waals surface area (Å²) < 4.78 is 23.9. The van der Waals surface area contributed by atoms with E-state index >= 15 is 0 Å². The maximum atomic E-state index is 13.6. The molecule has 2 atom stereocenters. The van der Waals surface area contributed by atoms with Crippen LogP contribution in [0.3, 0.4) is 0 Å². The molecule has 3 N–H and O–H groups in total. The Bertz CT molecular complexity index is 371. The SMILES string of the molecule is CCOCC(O)COc1ccc(C(C)N)c(F)c1. The molecule has 1 aromatic rings. The lowest BCUT2D eigenvalue weighted by Crippen LogP contribution is -2.23. The summed E-state index contributed by atoms with van der Waals surface area (Å²) in [5, 5.41) is 9.49. The van der Waals surface area contributed by atoms with E-state index in [1.807, 2.05) is 6.92 Å². The molecule has 0 radical (unpaired) electrons. The van der Waals surface area contributed by atoms with E-state index in [1.165, 1.54) is 6.07 Å². The van der Waals surface area contributed by atoms with E-state index in [9.17, 15) is 9.50 Å². The minimum absolute atomic E-state index is 0.0664. The molecule has 0 fully saturated rings. The summed E-state index contributed by atoms with van der Waals surface area (Å²) in [4.78, 5) is 0. The van der Waals surface area contributed by atoms with E-state index in [2.05, 4.69) is 0 Å². The Kier molecular flexibility index (Phi) is 6.04. The molecule has 102 valence electrons. The molecule has 0 aliphatic rings. The Balaban J connectivity index is 2.51. The highest BCUT2D eigenvalue weighted by molar-refractivity contribution is 5.30. The average molecular weight is 257 g/mol. The number of halogens is 1. The summed E-state index contributed by atoms with van der Waals surface area (Å²) in [5.41, 5.74) is 6.05. The number of ether oxygens (including phenoxy) is 2. The van der Waals surface area contributed by atoms with Crippen molar-refractivity contribution in [3.05, 3.63) is 29.6 Å². The topological polar surface area (TPSA) is 64.7 Å². The van der Waals surface area contributed by atoms with E-state index in [0.717, 1.165) is 0 Å². The molecule has 5 heteroatoms. The van der Waals surface area contributed by atoms with E-state index in [1.54, 1.807) is 19.1 Å². The summed E-state index contributed by atoms with van der Waals surface area (Å²) in [6.07, 6.45) is -0.721. The Morgan fingerprint density at radius 3 is 2.67 bits per heavy atom. The second-order valence-electron chi connectivity index (χ2n) is 4.10. The number of hydrogen-bond donors (Lipinski definition) is 2. The van der Waals surface area contributed by atoms with E-state index in [0.29, 0.717) is 17.9 Å². The van der Waals surface area contributed by atoms with E-state index < -0.39 is 11.9 Å². The average Bonchev–Trinajstić information content (AvgIpc) is 2.33. The van der Waals surface area contributed by atoms with E-state index in [-0.39, 0.29) is 19.3 Å². The Hall–Kier alpha value is -1.17. The van der Waals surface area contributed by atoms with Crippen molar-refractivity contribution in [3.8, 4) is 5.75 Å². The lowest BCUT2D eigenvalue weighted by Gasteiger charge is -2.13. The second kappa shape index (κ2) is 7.31. The van der Waals surface area contributed by atoms with Gasteiger partial charge in [-0.15, -0.1) is 0 Å². The number of benzene rings is 1. The Labute approximate surface area is 107 Å². The fourth-order valence-electron chi connectivity index (χ4n) is 1.46. The molecular formula is C13H20FNO3. The van der Waals surface area contributed by atoms with Crippen LogP contribution in [-0.2, 0) is 4.74 Å². The first-order valence-corrected chi connectivity index (χ1v) is 5.98. The highest BCUT2D eigenvalue weighted by Gasteiger charge is 2.09. The number of rotatable bonds is 7. The second-order valence-corrected chi connectivity index (χ2v) is 4.10. The maximum absolute atomic E-state index is 13.6. The minimum atomic E-state index is -0.721. The first-order chi connectivity index (χ1) is 8.54. The third-order valence-corrected chi connectivity index (χ3v) is 2.42. The van der Waals surface area contributed by atoms with Crippen molar-refractivity contribution >= 4 is 0 Å². The Morgan fingerprint density at radius 2 is 2.11 bits per heavy atom. The molecule has 0 aromatic heterocycles. The van der Waals surface area contributed by atoms with Crippen LogP contribution >= 0.6 is 0 Å². The third-order valence-electron chi connectivity index (χ3n) is 2.42. The standard InChI is InChI=1S/C13H20FNO3/c1-3-17-7-10(16)8-18-11-4-5-12(9(2)15)13(14)6-11/h4-6,9-10,16H,3,7-8,15H2,1-2H3. The van der Waals surface area contributed by atoms with Crippen LogP contribution < -0.4 is 10.5 Å². The summed E-state index contributed by atoms with van der Waals surface area (Å²) in [6.45, 7) is 4.36. The third kappa shape index (κ3) is 4.60. The highest BCUT2D eigenvalue weighted by Crippen LogP contribution is 2.20. The zero-order valence-corrected chi connectivity index (χ0v) is 10.7. The van der Waals surface area contributed by atoms with Gasteiger partial charge in [0, 0.05) is 24.3 Å². The molecule has 0 aliphatic heterocycles. The fraction of sp³-hybridized carbons (Fsp3) is 0.538. The summed E-state index contributed by atoms with van der Waals surface area (Å²) in [6, 6.07) is 4.13. The van der Waals surface area contributed by atoms with Gasteiger partial charge in [0.1, 0.15) is 24.3 Å². The zero-order valence-electron chi connectivity index (χ0n) is 10.7. The summed E-state index contributed by atoms with van der Waals surface area (Å²) >= 11 is 0. The van der Waals surface area contributed by atoms with Crippen LogP contribution in [0.25, 0.3) is 0 Å². The van der Waals surface area contributed by atoms with Crippen molar-refractivity contribution in [1.82, 2.24) is 0 Å². The number of aliphatic hydroxyl groups excluding tert-OH is 1. The molecule has 0 spiro atoms. The van der Waals surface area contributed by atoms with Crippen LogP contribution in [0.1, 0.15) is 25.5 Å². The van der Waals surface area contributed by atoms with Crippen LogP contribution in [0.2, 0.25) is 0 Å². The largest absolute Gasteiger partial charge is 0.491 e. The first-order valence-electron chi connectivity index (χ1n) is 5.98. The van der Waals surface area contributed by atoms with Gasteiger partial charge in [-0.1, -0.05) is 6.07 Å². The van der Waals surface area contributed by atoms with Crippen LogP contribution in [0.5, 0.6) is 5.75 Å². The van der Waals surface area contributed by atoms with Gasteiger partial charge in [0.15, 0.2) is 0 Å². The van der Waals surface area contributed by atoms with Gasteiger partial charge in [0.2, 0.25) is 0 Å². The van der Waals surface area contributed by atoms with Gasteiger partial charge in [0.05, 0.1) is 6.61 Å². The molecule has 0 saturated heterocycles. The smallest absolute Gasteiger partial charge is 0.131 e. The predicted molar refractivity (Wildman–Crippen MR) is 67.0 cm³/mol. The van der Waals surface area contributed by atoms with Gasteiger partial charge in [-0.05, 0) is 19.9 Å². The molecule has 0 heterocycles. The van der Waals surface area contributed by atoms with Crippen LogP contribution in [0.15, 0.2) is 18.2 Å². The van der Waals surface area contributed by atoms with Crippen molar-refractivity contribution in [2.45, 2.75) is 26.0 Å². The van der Waals surface area contributed by atoms with Crippen LogP contribution in [0.4, 0.5) is 4.39 Å². The van der Waals surface area contributed by atoms with Gasteiger partial charge in [-0.3, -0.25) is 0 Å². The van der Waals surface area contributed by atoms with Crippen molar-refractivity contribution < 1.29 is 19.0 Å². The molecule has 2 unspecified atom stereocenters. The predicted octanol–water partition coefficient (Wildman–Crippen LogP) is 1.62. The lowest BCUT2D eigenvalue weighted by molar-refractivity contribution is 0.0164. The molecule has 18 heavy (non-hydrogen) atoms. The fourth-order valence-corrected chi connectivity index (χ4v) is 1.46. The molecule has 0 bridgehead atoms. The van der Waals surface area contributed by atoms with Gasteiger partial charge < -0.3 is 20.3 Å². The van der Waals surface area contributed by atoms with Gasteiger partial charge in [-0.25, -0.2) is 4.39 Å². The number of nitrogens with two attached hydrogens (primary N) is 1. The Morgan fingerprint density at radius 1 is 1.39 bits per heavy atom. The molecule has 0 aliphatic carbocycles. The van der Waals surface area contributed by atoms with Crippen molar-refractivity contribution in [1.29, 1.82) is 0 Å². The molecule has 4 nitrogen and oxygen atoms in total. The number of hydrogen-bond acceptors (Lipinski definition) is 4. The van der Waals surface area contributed by atoms with Crippen molar-refractivity contribution in [2.75, 3.05) is 19.8 Å². The summed E-state index contributed by atoms with van der Waals surface area (Å²) in [5.74, 6) is -0.0331. The normalized spacial score (nSPS) is 14.3. The maximum Gasteiger partial charge on any atom is 0.131 e. The molecule has 1 rings (SSSR count). The monoisotopic (exact) mass is 257 g/mol. The number of aliphatic hydroxyl groups is 1. The highest BCUT2D eigenvalue weighted by atomic mass is 19.1. The zero-order chi connectivity index (χ0) is 13.5. The van der Waals surface area contributed by atoms with Gasteiger partial charge >= 0.3 is 0 Å². The molecular weight excluding hydrogens is 237 g/mol. The minimum Gasteiger partial charge on any atom is -0.491 e. The molecule has 0 amide bonds. The molecule has 1 aromatic carbocycles. The molecule has 0 saturated carbocycles. The van der Waals surface area contributed by atoms with Crippen LogP contribution in [-0.4, -0.2) is 31.0 Å². The van der Waals surface area contributed by atoms with Crippen LogP contribution in [0, 0.1) is 5.82 Å². The van der Waals surface area contributed by atoms with Crippen molar-refractivity contribution in [3.63, 3.8) is 0 Å². The van der Waals surface area contributed by atoms with Gasteiger partial charge in [-0.2, -0.15) is 0 Å². The lowest BCUT2D eigenvalue weighted by atomic mass is 10.1. The quantitative estimate of drug-likeness (QED) is 0.779. The summed E-state index contributed by atoms with van der Waals surface area (Å²) in [7, 11) is 0. The first kappa shape index (κ1) is 14.9. The van der Waals surface area contributed by atoms with E-state index in [4.69, 9.17) is 15.2 Å². The van der Waals surface area contributed by atoms with Crippen molar-refractivity contribution in [2.24, 2.45) is 5.73 Å².